The Morgan fingerprint density at radius 3 is 2.67 bits per heavy atom. The van der Waals surface area contributed by atoms with Crippen molar-refractivity contribution in [3.8, 4) is 0 Å². The first-order chi connectivity index (χ1) is 8.29. The van der Waals surface area contributed by atoms with E-state index in [2.05, 4.69) is 35.6 Å². The van der Waals surface area contributed by atoms with Crippen LogP contribution in [0.2, 0.25) is 0 Å². The molecule has 0 saturated heterocycles. The van der Waals surface area contributed by atoms with E-state index in [1.54, 1.807) is 6.07 Å². The van der Waals surface area contributed by atoms with E-state index in [4.69, 9.17) is 5.11 Å². The minimum Gasteiger partial charge on any atom is -0.478 e. The van der Waals surface area contributed by atoms with Crippen LogP contribution in [-0.2, 0) is 0 Å². The van der Waals surface area contributed by atoms with Crippen molar-refractivity contribution in [2.75, 3.05) is 11.9 Å². The highest BCUT2D eigenvalue weighted by Crippen LogP contribution is 2.30. The molecule has 2 heterocycles. The van der Waals surface area contributed by atoms with Crippen LogP contribution in [0.4, 0.5) is 5.13 Å². The summed E-state index contributed by atoms with van der Waals surface area (Å²) >= 11 is 1.45. The summed E-state index contributed by atoms with van der Waals surface area (Å²) in [5.74, 6) is -0.969. The number of thiazole rings is 1. The van der Waals surface area contributed by atoms with E-state index in [9.17, 15) is 4.79 Å². The lowest BCUT2D eigenvalue weighted by Crippen LogP contribution is -2.37. The average Bonchev–Trinajstić information content (AvgIpc) is 2.68. The third kappa shape index (κ3) is 2.28. The first kappa shape index (κ1) is 12.8. The third-order valence-corrected chi connectivity index (χ3v) is 3.84. The molecule has 6 heteroatoms. The van der Waals surface area contributed by atoms with Crippen molar-refractivity contribution < 1.29 is 9.90 Å². The maximum absolute atomic E-state index is 10.9. The summed E-state index contributed by atoms with van der Waals surface area (Å²) in [5.41, 5.74) is 0.746. The second kappa shape index (κ2) is 4.20. The molecule has 0 amide bonds. The zero-order valence-electron chi connectivity index (χ0n) is 10.8. The first-order valence-electron chi connectivity index (χ1n) is 5.53. The van der Waals surface area contributed by atoms with Gasteiger partial charge in [-0.15, -0.1) is 0 Å². The van der Waals surface area contributed by atoms with E-state index in [0.717, 1.165) is 9.83 Å². The second-order valence-electron chi connectivity index (χ2n) is 5.08. The molecule has 0 fully saturated rings. The van der Waals surface area contributed by atoms with Gasteiger partial charge in [-0.2, -0.15) is 4.98 Å². The van der Waals surface area contributed by atoms with Gasteiger partial charge in [0, 0.05) is 18.8 Å². The SMILES string of the molecule is CN(c1nc2ncc(C(=O)O)cc2s1)C(C)(C)C. The quantitative estimate of drug-likeness (QED) is 0.904. The number of nitrogens with zero attached hydrogens (tertiary/aromatic N) is 3. The van der Waals surface area contributed by atoms with Gasteiger partial charge in [0.2, 0.25) is 0 Å². The van der Waals surface area contributed by atoms with Crippen LogP contribution < -0.4 is 4.90 Å². The Labute approximate surface area is 109 Å². The number of carboxylic acids is 1. The number of rotatable bonds is 2. The lowest BCUT2D eigenvalue weighted by Gasteiger charge is -2.31. The van der Waals surface area contributed by atoms with Gasteiger partial charge >= 0.3 is 5.97 Å². The number of carboxylic acid groups (broad SMARTS) is 1. The van der Waals surface area contributed by atoms with E-state index >= 15 is 0 Å². The fourth-order valence-electron chi connectivity index (χ4n) is 1.36. The molecule has 0 saturated carbocycles. The van der Waals surface area contributed by atoms with E-state index in [-0.39, 0.29) is 11.1 Å². The van der Waals surface area contributed by atoms with Crippen molar-refractivity contribution in [1.29, 1.82) is 0 Å². The van der Waals surface area contributed by atoms with Crippen molar-refractivity contribution in [2.24, 2.45) is 0 Å². The number of carbonyl (C=O) groups is 1. The number of fused-ring (bicyclic) bond motifs is 1. The fraction of sp³-hybridized carbons (Fsp3) is 0.417. The summed E-state index contributed by atoms with van der Waals surface area (Å²) < 4.78 is 0.793. The monoisotopic (exact) mass is 265 g/mol. The lowest BCUT2D eigenvalue weighted by molar-refractivity contribution is 0.0696. The summed E-state index contributed by atoms with van der Waals surface area (Å²) in [6, 6.07) is 1.61. The normalized spacial score (nSPS) is 11.8. The molecular formula is C12H15N3O2S. The molecule has 2 rings (SSSR count). The van der Waals surface area contributed by atoms with Crippen LogP contribution in [0.5, 0.6) is 0 Å². The Morgan fingerprint density at radius 1 is 1.44 bits per heavy atom. The Hall–Kier alpha value is -1.69. The molecule has 0 aliphatic heterocycles. The van der Waals surface area contributed by atoms with Gasteiger partial charge in [-0.1, -0.05) is 11.3 Å². The van der Waals surface area contributed by atoms with Crippen LogP contribution >= 0.6 is 11.3 Å². The molecule has 18 heavy (non-hydrogen) atoms. The van der Waals surface area contributed by atoms with Gasteiger partial charge in [-0.3, -0.25) is 0 Å². The van der Waals surface area contributed by atoms with Crippen molar-refractivity contribution in [2.45, 2.75) is 26.3 Å². The molecule has 0 radical (unpaired) electrons. The Bertz CT molecular complexity index is 601. The maximum Gasteiger partial charge on any atom is 0.337 e. The minimum atomic E-state index is -0.969. The highest BCUT2D eigenvalue weighted by atomic mass is 32.1. The topological polar surface area (TPSA) is 66.3 Å². The van der Waals surface area contributed by atoms with Crippen LogP contribution in [0.3, 0.4) is 0 Å². The third-order valence-electron chi connectivity index (χ3n) is 2.78. The highest BCUT2D eigenvalue weighted by Gasteiger charge is 2.21. The summed E-state index contributed by atoms with van der Waals surface area (Å²) in [6.45, 7) is 6.28. The number of aromatic carboxylic acids is 1. The second-order valence-corrected chi connectivity index (χ2v) is 6.09. The molecule has 0 spiro atoms. The Morgan fingerprint density at radius 2 is 2.11 bits per heavy atom. The Balaban J connectivity index is 2.48. The minimum absolute atomic E-state index is 0.0382. The van der Waals surface area contributed by atoms with Crippen LogP contribution in [0, 0.1) is 0 Å². The lowest BCUT2D eigenvalue weighted by atomic mass is 10.1. The van der Waals surface area contributed by atoms with Gasteiger partial charge in [-0.05, 0) is 26.8 Å². The number of hydrogen-bond acceptors (Lipinski definition) is 5. The predicted molar refractivity (Wildman–Crippen MR) is 72.5 cm³/mol. The van der Waals surface area contributed by atoms with Crippen LogP contribution in [0.1, 0.15) is 31.1 Å². The number of anilines is 1. The summed E-state index contributed by atoms with van der Waals surface area (Å²) in [7, 11) is 1.97. The van der Waals surface area contributed by atoms with Gasteiger partial charge < -0.3 is 10.0 Å². The van der Waals surface area contributed by atoms with Gasteiger partial charge in [0.15, 0.2) is 10.8 Å². The molecule has 2 aromatic heterocycles. The molecule has 0 bridgehead atoms. The van der Waals surface area contributed by atoms with Gasteiger partial charge in [0.25, 0.3) is 0 Å². The Kier molecular flexibility index (Phi) is 2.98. The van der Waals surface area contributed by atoms with E-state index in [1.165, 1.54) is 17.5 Å². The van der Waals surface area contributed by atoms with Crippen LogP contribution in [-0.4, -0.2) is 33.6 Å². The molecule has 0 aromatic carbocycles. The maximum atomic E-state index is 10.9. The fourth-order valence-corrected chi connectivity index (χ4v) is 2.47. The predicted octanol–water partition coefficient (Wildman–Crippen LogP) is 2.62. The van der Waals surface area contributed by atoms with Gasteiger partial charge in [0.05, 0.1) is 10.3 Å². The average molecular weight is 265 g/mol. The van der Waals surface area contributed by atoms with Crippen molar-refractivity contribution in [3.05, 3.63) is 17.8 Å². The molecule has 0 aliphatic carbocycles. The molecule has 1 N–H and O–H groups in total. The van der Waals surface area contributed by atoms with Crippen molar-refractivity contribution in [3.63, 3.8) is 0 Å². The molecular weight excluding hydrogens is 250 g/mol. The smallest absolute Gasteiger partial charge is 0.337 e. The van der Waals surface area contributed by atoms with E-state index in [0.29, 0.717) is 5.65 Å². The molecule has 0 aliphatic rings. The van der Waals surface area contributed by atoms with Gasteiger partial charge in [-0.25, -0.2) is 9.78 Å². The summed E-state index contributed by atoms with van der Waals surface area (Å²) in [4.78, 5) is 21.4. The number of aromatic nitrogens is 2. The molecule has 5 nitrogen and oxygen atoms in total. The van der Waals surface area contributed by atoms with Crippen molar-refractivity contribution >= 4 is 32.8 Å². The van der Waals surface area contributed by atoms with Crippen LogP contribution in [0.15, 0.2) is 12.3 Å². The number of hydrogen-bond donors (Lipinski definition) is 1. The molecule has 2 aromatic rings. The zero-order chi connectivity index (χ0) is 13.5. The largest absolute Gasteiger partial charge is 0.478 e. The summed E-state index contributed by atoms with van der Waals surface area (Å²) in [5, 5.41) is 9.76. The van der Waals surface area contributed by atoms with E-state index < -0.39 is 5.97 Å². The molecule has 96 valence electrons. The standard InChI is InChI=1S/C12H15N3O2S/c1-12(2,3)15(4)11-14-9-8(18-11)5-7(6-13-9)10(16)17/h5-6H,1-4H3,(H,16,17). The summed E-state index contributed by atoms with van der Waals surface area (Å²) in [6.07, 6.45) is 1.34. The highest BCUT2D eigenvalue weighted by molar-refractivity contribution is 7.22. The zero-order valence-corrected chi connectivity index (χ0v) is 11.6. The van der Waals surface area contributed by atoms with Gasteiger partial charge in [0.1, 0.15) is 0 Å². The molecule has 0 atom stereocenters. The number of pyridine rings is 1. The first-order valence-corrected chi connectivity index (χ1v) is 6.34. The van der Waals surface area contributed by atoms with Crippen molar-refractivity contribution in [1.82, 2.24) is 9.97 Å². The van der Waals surface area contributed by atoms with Crippen LogP contribution in [0.25, 0.3) is 10.3 Å². The van der Waals surface area contributed by atoms with E-state index in [1.807, 2.05) is 7.05 Å². The molecule has 0 unspecified atom stereocenters.